The van der Waals surface area contributed by atoms with Crippen molar-refractivity contribution < 1.29 is 14.0 Å². The standard InChI is InChI=1S/C23H26N2O3/c26-22(24-13-18-4-3-7-28-18)19-5-1-2-6-20(19)25-23(27)21-16-9-14-8-15(11-16)12-17(21)10-14/h1-7,14-17,21H,8-13H2,(H,24,26)(H,25,27). The Morgan fingerprint density at radius 2 is 1.64 bits per heavy atom. The van der Waals surface area contributed by atoms with Crippen molar-refractivity contribution in [2.45, 2.75) is 38.6 Å². The Morgan fingerprint density at radius 1 is 0.929 bits per heavy atom. The molecule has 2 aromatic rings. The molecule has 0 unspecified atom stereocenters. The second-order valence-corrected chi connectivity index (χ2v) is 8.75. The summed E-state index contributed by atoms with van der Waals surface area (Å²) in [4.78, 5) is 25.8. The molecule has 28 heavy (non-hydrogen) atoms. The molecule has 2 N–H and O–H groups in total. The molecule has 1 heterocycles. The van der Waals surface area contributed by atoms with Gasteiger partial charge in [-0.3, -0.25) is 9.59 Å². The maximum Gasteiger partial charge on any atom is 0.253 e. The van der Waals surface area contributed by atoms with Crippen molar-refractivity contribution in [3.8, 4) is 0 Å². The van der Waals surface area contributed by atoms with E-state index in [0.717, 1.165) is 11.8 Å². The van der Waals surface area contributed by atoms with Crippen LogP contribution in [0.1, 0.15) is 48.2 Å². The number of hydrogen-bond acceptors (Lipinski definition) is 3. The average Bonchev–Trinajstić information content (AvgIpc) is 3.19. The lowest BCUT2D eigenvalue weighted by Gasteiger charge is -2.53. The van der Waals surface area contributed by atoms with Crippen LogP contribution in [0.3, 0.4) is 0 Å². The van der Waals surface area contributed by atoms with Gasteiger partial charge in [0.1, 0.15) is 5.76 Å². The molecule has 1 aromatic heterocycles. The van der Waals surface area contributed by atoms with Gasteiger partial charge in [-0.15, -0.1) is 0 Å². The Morgan fingerprint density at radius 3 is 2.32 bits per heavy atom. The Labute approximate surface area is 164 Å². The van der Waals surface area contributed by atoms with Gasteiger partial charge in [0.15, 0.2) is 0 Å². The van der Waals surface area contributed by atoms with Crippen LogP contribution >= 0.6 is 0 Å². The van der Waals surface area contributed by atoms with Crippen molar-refractivity contribution in [1.29, 1.82) is 0 Å². The third-order valence-corrected chi connectivity index (χ3v) is 6.96. The van der Waals surface area contributed by atoms with E-state index in [2.05, 4.69) is 10.6 Å². The minimum atomic E-state index is -0.211. The molecule has 4 fully saturated rings. The van der Waals surface area contributed by atoms with E-state index in [1.54, 1.807) is 18.4 Å². The Balaban J connectivity index is 1.29. The van der Waals surface area contributed by atoms with Gasteiger partial charge >= 0.3 is 0 Å². The molecule has 4 aliphatic rings. The summed E-state index contributed by atoms with van der Waals surface area (Å²) in [6.45, 7) is 0.323. The highest BCUT2D eigenvalue weighted by Gasteiger charge is 2.50. The summed E-state index contributed by atoms with van der Waals surface area (Å²) in [5.41, 5.74) is 1.09. The van der Waals surface area contributed by atoms with Crippen LogP contribution in [-0.2, 0) is 11.3 Å². The highest BCUT2D eigenvalue weighted by atomic mass is 16.3. The molecular formula is C23H26N2O3. The number of furan rings is 1. The fourth-order valence-corrected chi connectivity index (χ4v) is 6.04. The summed E-state index contributed by atoms with van der Waals surface area (Å²) in [5, 5.41) is 5.95. The normalized spacial score (nSPS) is 30.2. The van der Waals surface area contributed by atoms with E-state index in [0.29, 0.717) is 35.4 Å². The molecular weight excluding hydrogens is 352 g/mol. The SMILES string of the molecule is O=C(NCc1ccco1)c1ccccc1NC(=O)C1C2CC3CC(C2)CC1C3. The smallest absolute Gasteiger partial charge is 0.253 e. The maximum atomic E-state index is 13.2. The molecule has 5 nitrogen and oxygen atoms in total. The molecule has 4 bridgehead atoms. The summed E-state index contributed by atoms with van der Waals surface area (Å²) in [6, 6.07) is 10.9. The Bertz CT molecular complexity index is 846. The van der Waals surface area contributed by atoms with E-state index >= 15 is 0 Å². The van der Waals surface area contributed by atoms with Crippen molar-refractivity contribution >= 4 is 17.5 Å². The second-order valence-electron chi connectivity index (χ2n) is 8.75. The fourth-order valence-electron chi connectivity index (χ4n) is 6.04. The predicted molar refractivity (Wildman–Crippen MR) is 105 cm³/mol. The van der Waals surface area contributed by atoms with Gasteiger partial charge < -0.3 is 15.1 Å². The third-order valence-electron chi connectivity index (χ3n) is 6.96. The van der Waals surface area contributed by atoms with Crippen LogP contribution in [0.5, 0.6) is 0 Å². The van der Waals surface area contributed by atoms with Crippen LogP contribution in [0.2, 0.25) is 0 Å². The van der Waals surface area contributed by atoms with E-state index in [1.165, 1.54) is 32.1 Å². The molecule has 5 heteroatoms. The molecule has 0 atom stereocenters. The molecule has 0 radical (unpaired) electrons. The van der Waals surface area contributed by atoms with Crippen LogP contribution in [0.4, 0.5) is 5.69 Å². The van der Waals surface area contributed by atoms with Crippen molar-refractivity contribution in [3.63, 3.8) is 0 Å². The number of para-hydroxylation sites is 1. The number of amides is 2. The molecule has 2 amide bonds. The molecule has 4 saturated carbocycles. The summed E-state index contributed by atoms with van der Waals surface area (Å²) in [5.74, 6) is 3.41. The van der Waals surface area contributed by atoms with Gasteiger partial charge in [0.25, 0.3) is 5.91 Å². The minimum absolute atomic E-state index is 0.0973. The molecule has 0 spiro atoms. The van der Waals surface area contributed by atoms with Crippen molar-refractivity contribution in [3.05, 3.63) is 54.0 Å². The number of nitrogens with one attached hydrogen (secondary N) is 2. The van der Waals surface area contributed by atoms with E-state index < -0.39 is 0 Å². The topological polar surface area (TPSA) is 71.3 Å². The largest absolute Gasteiger partial charge is 0.467 e. The van der Waals surface area contributed by atoms with Crippen LogP contribution < -0.4 is 10.6 Å². The van der Waals surface area contributed by atoms with E-state index in [4.69, 9.17) is 4.42 Å². The van der Waals surface area contributed by atoms with E-state index in [9.17, 15) is 9.59 Å². The maximum absolute atomic E-state index is 13.2. The number of benzene rings is 1. The molecule has 0 aliphatic heterocycles. The number of carbonyl (C=O) groups excluding carboxylic acids is 2. The summed E-state index contributed by atoms with van der Waals surface area (Å²) in [7, 11) is 0. The van der Waals surface area contributed by atoms with Gasteiger partial charge in [-0.05, 0) is 80.0 Å². The first-order valence-electron chi connectivity index (χ1n) is 10.4. The first kappa shape index (κ1) is 17.5. The zero-order chi connectivity index (χ0) is 19.1. The summed E-state index contributed by atoms with van der Waals surface area (Å²) in [6.07, 6.45) is 7.78. The number of carbonyl (C=O) groups is 2. The highest BCUT2D eigenvalue weighted by molar-refractivity contribution is 6.04. The lowest BCUT2D eigenvalue weighted by molar-refractivity contribution is -0.132. The Kier molecular flexibility index (Phi) is 4.46. The van der Waals surface area contributed by atoms with Gasteiger partial charge in [-0.2, -0.15) is 0 Å². The van der Waals surface area contributed by atoms with E-state index in [1.807, 2.05) is 24.3 Å². The Hall–Kier alpha value is -2.56. The van der Waals surface area contributed by atoms with Crippen molar-refractivity contribution in [2.24, 2.45) is 29.6 Å². The van der Waals surface area contributed by atoms with Crippen LogP contribution in [-0.4, -0.2) is 11.8 Å². The fraction of sp³-hybridized carbons (Fsp3) is 0.478. The average molecular weight is 378 g/mol. The monoisotopic (exact) mass is 378 g/mol. The van der Waals surface area contributed by atoms with Gasteiger partial charge in [-0.25, -0.2) is 0 Å². The molecule has 4 aliphatic carbocycles. The minimum Gasteiger partial charge on any atom is -0.467 e. The van der Waals surface area contributed by atoms with Crippen LogP contribution in [0.15, 0.2) is 47.1 Å². The molecule has 0 saturated heterocycles. The molecule has 146 valence electrons. The lowest BCUT2D eigenvalue weighted by atomic mass is 9.51. The quantitative estimate of drug-likeness (QED) is 0.818. The third kappa shape index (κ3) is 3.23. The van der Waals surface area contributed by atoms with Gasteiger partial charge in [0.05, 0.1) is 24.1 Å². The van der Waals surface area contributed by atoms with Crippen LogP contribution in [0, 0.1) is 29.6 Å². The van der Waals surface area contributed by atoms with Gasteiger partial charge in [-0.1, -0.05) is 12.1 Å². The zero-order valence-corrected chi connectivity index (χ0v) is 15.9. The second kappa shape index (κ2) is 7.12. The van der Waals surface area contributed by atoms with Gasteiger partial charge in [0, 0.05) is 5.92 Å². The molecule has 6 rings (SSSR count). The van der Waals surface area contributed by atoms with Crippen LogP contribution in [0.25, 0.3) is 0 Å². The highest BCUT2D eigenvalue weighted by Crippen LogP contribution is 2.56. The number of anilines is 1. The summed E-state index contributed by atoms with van der Waals surface area (Å²) >= 11 is 0. The lowest BCUT2D eigenvalue weighted by Crippen LogP contribution is -2.49. The van der Waals surface area contributed by atoms with Gasteiger partial charge in [0.2, 0.25) is 5.91 Å². The van der Waals surface area contributed by atoms with Crippen molar-refractivity contribution in [1.82, 2.24) is 5.32 Å². The predicted octanol–water partition coefficient (Wildman–Crippen LogP) is 4.22. The van der Waals surface area contributed by atoms with E-state index in [-0.39, 0.29) is 17.7 Å². The first-order chi connectivity index (χ1) is 13.7. The number of rotatable bonds is 5. The first-order valence-corrected chi connectivity index (χ1v) is 10.4. The van der Waals surface area contributed by atoms with Crippen molar-refractivity contribution in [2.75, 3.05) is 5.32 Å². The zero-order valence-electron chi connectivity index (χ0n) is 15.9. The number of hydrogen-bond donors (Lipinski definition) is 2. The molecule has 1 aromatic carbocycles. The summed E-state index contributed by atoms with van der Waals surface area (Å²) < 4.78 is 5.26.